The standard InChI is InChI=1S/C9H13NO/c1-7(10)8-4-3-5-9(6-8)11-2/h3-7H,10H2,1-2H3/p+1/t7-/m0/s1. The monoisotopic (exact) mass is 152 g/mol. The molecule has 0 heterocycles. The number of ether oxygens (including phenoxy) is 1. The Labute approximate surface area is 67.0 Å². The van der Waals surface area contributed by atoms with Crippen molar-refractivity contribution in [1.82, 2.24) is 0 Å². The van der Waals surface area contributed by atoms with Crippen LogP contribution in [0.3, 0.4) is 0 Å². The summed E-state index contributed by atoms with van der Waals surface area (Å²) < 4.78 is 5.08. The minimum Gasteiger partial charge on any atom is -0.497 e. The van der Waals surface area contributed by atoms with Crippen LogP contribution in [0.15, 0.2) is 24.3 Å². The van der Waals surface area contributed by atoms with Gasteiger partial charge >= 0.3 is 0 Å². The van der Waals surface area contributed by atoms with Crippen molar-refractivity contribution < 1.29 is 10.5 Å². The highest BCUT2D eigenvalue weighted by Crippen LogP contribution is 2.15. The van der Waals surface area contributed by atoms with Crippen molar-refractivity contribution in [2.75, 3.05) is 7.11 Å². The van der Waals surface area contributed by atoms with Gasteiger partial charge in [-0.25, -0.2) is 0 Å². The fourth-order valence-corrected chi connectivity index (χ4v) is 0.948. The van der Waals surface area contributed by atoms with E-state index in [-0.39, 0.29) is 0 Å². The lowest BCUT2D eigenvalue weighted by atomic mass is 10.1. The molecule has 0 aliphatic carbocycles. The van der Waals surface area contributed by atoms with Gasteiger partial charge in [0.2, 0.25) is 0 Å². The first-order valence-electron chi connectivity index (χ1n) is 3.71. The Morgan fingerprint density at radius 3 is 2.73 bits per heavy atom. The Morgan fingerprint density at radius 2 is 2.18 bits per heavy atom. The molecule has 60 valence electrons. The fourth-order valence-electron chi connectivity index (χ4n) is 0.948. The lowest BCUT2D eigenvalue weighted by Gasteiger charge is -2.04. The molecular weight excluding hydrogens is 138 g/mol. The molecule has 0 bridgehead atoms. The molecule has 0 saturated carbocycles. The molecule has 2 heteroatoms. The van der Waals surface area contributed by atoms with Crippen LogP contribution in [0.1, 0.15) is 18.5 Å². The molecule has 0 aromatic heterocycles. The van der Waals surface area contributed by atoms with Gasteiger partial charge in [-0.15, -0.1) is 0 Å². The van der Waals surface area contributed by atoms with Crippen LogP contribution in [0, 0.1) is 0 Å². The maximum absolute atomic E-state index is 5.08. The Bertz CT molecular complexity index is 233. The van der Waals surface area contributed by atoms with Crippen molar-refractivity contribution in [2.45, 2.75) is 13.0 Å². The van der Waals surface area contributed by atoms with Gasteiger partial charge in [-0.2, -0.15) is 0 Å². The summed E-state index contributed by atoms with van der Waals surface area (Å²) in [6.45, 7) is 2.06. The normalized spacial score (nSPS) is 12.6. The first-order valence-corrected chi connectivity index (χ1v) is 3.71. The third-order valence-electron chi connectivity index (χ3n) is 1.66. The van der Waals surface area contributed by atoms with Crippen molar-refractivity contribution in [2.24, 2.45) is 0 Å². The minimum atomic E-state index is 0.324. The second-order valence-electron chi connectivity index (χ2n) is 2.68. The number of benzene rings is 1. The van der Waals surface area contributed by atoms with Gasteiger partial charge in [0.15, 0.2) is 0 Å². The summed E-state index contributed by atoms with van der Waals surface area (Å²) in [7, 11) is 1.67. The highest BCUT2D eigenvalue weighted by Gasteiger charge is 2.01. The van der Waals surface area contributed by atoms with E-state index in [0.29, 0.717) is 6.04 Å². The van der Waals surface area contributed by atoms with Crippen LogP contribution in [-0.2, 0) is 0 Å². The molecule has 1 atom stereocenters. The summed E-state index contributed by atoms with van der Waals surface area (Å²) in [5, 5.41) is 0. The topological polar surface area (TPSA) is 36.9 Å². The van der Waals surface area contributed by atoms with Crippen LogP contribution in [0.4, 0.5) is 0 Å². The number of hydrogen-bond acceptors (Lipinski definition) is 1. The van der Waals surface area contributed by atoms with E-state index in [0.717, 1.165) is 5.75 Å². The van der Waals surface area contributed by atoms with Gasteiger partial charge in [0.05, 0.1) is 7.11 Å². The molecular formula is C9H14NO+. The molecule has 0 aliphatic heterocycles. The summed E-state index contributed by atoms with van der Waals surface area (Å²) in [5.74, 6) is 0.901. The first-order chi connectivity index (χ1) is 5.24. The van der Waals surface area contributed by atoms with Gasteiger partial charge in [-0.05, 0) is 19.1 Å². The van der Waals surface area contributed by atoms with Crippen molar-refractivity contribution >= 4 is 0 Å². The highest BCUT2D eigenvalue weighted by molar-refractivity contribution is 5.29. The maximum Gasteiger partial charge on any atom is 0.119 e. The lowest BCUT2D eigenvalue weighted by Crippen LogP contribution is -2.51. The largest absolute Gasteiger partial charge is 0.497 e. The summed E-state index contributed by atoms with van der Waals surface area (Å²) >= 11 is 0. The van der Waals surface area contributed by atoms with Gasteiger partial charge in [-0.1, -0.05) is 12.1 Å². The average Bonchev–Trinajstić information content (AvgIpc) is 2.05. The second-order valence-corrected chi connectivity index (χ2v) is 2.68. The Balaban J connectivity index is 2.91. The number of quaternary nitrogens is 1. The van der Waals surface area contributed by atoms with E-state index in [4.69, 9.17) is 4.74 Å². The van der Waals surface area contributed by atoms with E-state index in [1.54, 1.807) is 7.11 Å². The van der Waals surface area contributed by atoms with Gasteiger partial charge in [-0.3, -0.25) is 0 Å². The van der Waals surface area contributed by atoms with E-state index >= 15 is 0 Å². The van der Waals surface area contributed by atoms with Crippen LogP contribution in [-0.4, -0.2) is 7.11 Å². The van der Waals surface area contributed by atoms with Crippen LogP contribution in [0.25, 0.3) is 0 Å². The second kappa shape index (κ2) is 3.39. The molecule has 0 amide bonds. The molecule has 2 nitrogen and oxygen atoms in total. The molecule has 0 radical (unpaired) electrons. The highest BCUT2D eigenvalue weighted by atomic mass is 16.5. The van der Waals surface area contributed by atoms with E-state index in [2.05, 4.69) is 18.7 Å². The fraction of sp³-hybridized carbons (Fsp3) is 0.333. The van der Waals surface area contributed by atoms with Crippen molar-refractivity contribution in [3.8, 4) is 5.75 Å². The van der Waals surface area contributed by atoms with Crippen molar-refractivity contribution in [1.29, 1.82) is 0 Å². The van der Waals surface area contributed by atoms with Crippen molar-refractivity contribution in [3.63, 3.8) is 0 Å². The summed E-state index contributed by atoms with van der Waals surface area (Å²) in [4.78, 5) is 0. The van der Waals surface area contributed by atoms with E-state index in [1.165, 1.54) is 5.56 Å². The molecule has 11 heavy (non-hydrogen) atoms. The predicted octanol–water partition coefficient (Wildman–Crippen LogP) is 0.998. The summed E-state index contributed by atoms with van der Waals surface area (Å²) in [6, 6.07) is 8.31. The minimum absolute atomic E-state index is 0.324. The van der Waals surface area contributed by atoms with Crippen LogP contribution < -0.4 is 10.5 Å². The zero-order chi connectivity index (χ0) is 8.27. The molecule has 0 spiro atoms. The number of hydrogen-bond donors (Lipinski definition) is 1. The third-order valence-corrected chi connectivity index (χ3v) is 1.66. The molecule has 3 N–H and O–H groups in total. The van der Waals surface area contributed by atoms with Crippen LogP contribution >= 0.6 is 0 Å². The summed E-state index contributed by atoms with van der Waals surface area (Å²) in [6.07, 6.45) is 0. The van der Waals surface area contributed by atoms with Gasteiger partial charge in [0.1, 0.15) is 11.8 Å². The first kappa shape index (κ1) is 8.08. The predicted molar refractivity (Wildman–Crippen MR) is 44.3 cm³/mol. The molecule has 0 aliphatic rings. The lowest BCUT2D eigenvalue weighted by molar-refractivity contribution is -0.420. The van der Waals surface area contributed by atoms with Crippen molar-refractivity contribution in [3.05, 3.63) is 29.8 Å². The molecule has 1 aromatic rings. The zero-order valence-electron chi connectivity index (χ0n) is 7.00. The van der Waals surface area contributed by atoms with E-state index in [1.807, 2.05) is 18.2 Å². The Hall–Kier alpha value is -1.02. The molecule has 0 saturated heterocycles. The maximum atomic E-state index is 5.08. The smallest absolute Gasteiger partial charge is 0.119 e. The quantitative estimate of drug-likeness (QED) is 0.674. The SMILES string of the molecule is COc1cccc([C@H](C)[NH3+])c1. The van der Waals surface area contributed by atoms with Crippen LogP contribution in [0.5, 0.6) is 5.75 Å². The number of methoxy groups -OCH3 is 1. The van der Waals surface area contributed by atoms with Gasteiger partial charge in [0.25, 0.3) is 0 Å². The van der Waals surface area contributed by atoms with Crippen LogP contribution in [0.2, 0.25) is 0 Å². The molecule has 0 fully saturated rings. The van der Waals surface area contributed by atoms with Gasteiger partial charge in [0, 0.05) is 5.56 Å². The summed E-state index contributed by atoms with van der Waals surface area (Å²) in [5.41, 5.74) is 5.14. The Kier molecular flexibility index (Phi) is 2.49. The van der Waals surface area contributed by atoms with E-state index in [9.17, 15) is 0 Å². The Morgan fingerprint density at radius 1 is 1.45 bits per heavy atom. The molecule has 1 rings (SSSR count). The molecule has 1 aromatic carbocycles. The average molecular weight is 152 g/mol. The zero-order valence-corrected chi connectivity index (χ0v) is 7.00. The van der Waals surface area contributed by atoms with E-state index < -0.39 is 0 Å². The van der Waals surface area contributed by atoms with Gasteiger partial charge < -0.3 is 10.5 Å². The molecule has 0 unspecified atom stereocenters. The third kappa shape index (κ3) is 1.95. The number of rotatable bonds is 2.